The Morgan fingerprint density at radius 1 is 1.16 bits per heavy atom. The molecule has 8 nitrogen and oxygen atoms in total. The summed E-state index contributed by atoms with van der Waals surface area (Å²) in [6, 6.07) is 16.3. The lowest BCUT2D eigenvalue weighted by Crippen LogP contribution is -2.44. The smallest absolute Gasteiger partial charge is 0.258 e. The molecule has 200 valence electrons. The second kappa shape index (κ2) is 12.6. The summed E-state index contributed by atoms with van der Waals surface area (Å²) in [5.74, 6) is 0.516. The Morgan fingerprint density at radius 3 is 2.55 bits per heavy atom. The van der Waals surface area contributed by atoms with Crippen LogP contribution in [0.2, 0.25) is 5.02 Å². The normalized spacial score (nSPS) is 16.1. The number of halogens is 3. The molecule has 0 spiro atoms. The molecule has 1 aliphatic rings. The van der Waals surface area contributed by atoms with E-state index >= 15 is 0 Å². The van der Waals surface area contributed by atoms with Gasteiger partial charge in [0, 0.05) is 16.0 Å². The number of carbonyl (C=O) groups is 1. The maximum Gasteiger partial charge on any atom is 0.258 e. The van der Waals surface area contributed by atoms with Crippen molar-refractivity contribution in [3.05, 3.63) is 85.8 Å². The van der Waals surface area contributed by atoms with Crippen LogP contribution in [0.4, 0.5) is 0 Å². The average molecular weight is 686 g/mol. The Morgan fingerprint density at radius 2 is 1.87 bits per heavy atom. The fraction of sp³-hybridized carbons (Fsp3) is 0.231. The number of nitrogens with zero attached hydrogens (tertiary/aromatic N) is 2. The minimum Gasteiger partial charge on any atom is -0.493 e. The first kappa shape index (κ1) is 28.6. The fourth-order valence-electron chi connectivity index (χ4n) is 3.97. The first-order valence-corrected chi connectivity index (χ1v) is 14.9. The van der Waals surface area contributed by atoms with Gasteiger partial charge in [-0.15, -0.1) is 0 Å². The van der Waals surface area contributed by atoms with Crippen LogP contribution in [0.3, 0.4) is 0 Å². The van der Waals surface area contributed by atoms with Gasteiger partial charge in [0.15, 0.2) is 11.5 Å². The summed E-state index contributed by atoms with van der Waals surface area (Å²) in [5.41, 5.74) is 4.11. The van der Waals surface area contributed by atoms with Crippen molar-refractivity contribution in [3.63, 3.8) is 0 Å². The minimum atomic E-state index is -3.85. The van der Waals surface area contributed by atoms with Crippen LogP contribution < -0.4 is 14.9 Å². The van der Waals surface area contributed by atoms with Crippen LogP contribution in [0.15, 0.2) is 79.6 Å². The van der Waals surface area contributed by atoms with Gasteiger partial charge in [0.05, 0.1) is 22.7 Å². The molecule has 3 aromatic carbocycles. The van der Waals surface area contributed by atoms with E-state index in [4.69, 9.17) is 21.1 Å². The number of hydrogen-bond acceptors (Lipinski definition) is 6. The van der Waals surface area contributed by atoms with Crippen LogP contribution in [-0.4, -0.2) is 44.5 Å². The van der Waals surface area contributed by atoms with Crippen molar-refractivity contribution in [1.29, 1.82) is 0 Å². The van der Waals surface area contributed by atoms with Gasteiger partial charge in [0.1, 0.15) is 12.6 Å². The summed E-state index contributed by atoms with van der Waals surface area (Å²) in [4.78, 5) is 12.9. The molecular weight excluding hydrogens is 662 g/mol. The second-order valence-electron chi connectivity index (χ2n) is 8.41. The highest BCUT2D eigenvalue weighted by atomic mass is 79.9. The van der Waals surface area contributed by atoms with E-state index in [0.29, 0.717) is 46.0 Å². The van der Waals surface area contributed by atoms with Crippen molar-refractivity contribution in [2.24, 2.45) is 5.10 Å². The molecule has 0 radical (unpaired) electrons. The summed E-state index contributed by atoms with van der Waals surface area (Å²) in [6.45, 7) is 0.598. The molecule has 3 aromatic rings. The zero-order chi connectivity index (χ0) is 27.3. The monoisotopic (exact) mass is 683 g/mol. The molecule has 1 aliphatic heterocycles. The maximum atomic E-state index is 13.1. The molecule has 1 saturated heterocycles. The predicted octanol–water partition coefficient (Wildman–Crippen LogP) is 5.76. The van der Waals surface area contributed by atoms with E-state index in [9.17, 15) is 13.2 Å². The summed E-state index contributed by atoms with van der Waals surface area (Å²) >= 11 is 12.8. The highest BCUT2D eigenvalue weighted by Crippen LogP contribution is 2.37. The highest BCUT2D eigenvalue weighted by Gasteiger charge is 2.39. The average Bonchev–Trinajstić information content (AvgIpc) is 3.40. The number of sulfonamides is 1. The zero-order valence-corrected chi connectivity index (χ0v) is 25.0. The molecule has 0 aromatic heterocycles. The third-order valence-corrected chi connectivity index (χ3v) is 9.16. The Hall–Kier alpha value is -2.44. The van der Waals surface area contributed by atoms with Gasteiger partial charge < -0.3 is 9.47 Å². The van der Waals surface area contributed by atoms with Gasteiger partial charge >= 0.3 is 0 Å². The van der Waals surface area contributed by atoms with Crippen LogP contribution in [0.5, 0.6) is 11.5 Å². The first-order chi connectivity index (χ1) is 18.2. The van der Waals surface area contributed by atoms with Crippen molar-refractivity contribution < 1.29 is 22.7 Å². The van der Waals surface area contributed by atoms with Crippen molar-refractivity contribution in [1.82, 2.24) is 9.73 Å². The van der Waals surface area contributed by atoms with E-state index < -0.39 is 22.0 Å². The Labute approximate surface area is 243 Å². The van der Waals surface area contributed by atoms with Gasteiger partial charge in [-0.05, 0) is 88.4 Å². The molecule has 1 amide bonds. The summed E-state index contributed by atoms with van der Waals surface area (Å²) in [5, 5.41) is 4.48. The topological polar surface area (TPSA) is 97.3 Å². The SMILES string of the molecule is COc1cc(/C=N\NC(=O)[C@H]2CCCN2S(=O)(=O)c2ccc(Cl)cc2)cc(Br)c1OCc1ccc(Br)cc1. The number of benzene rings is 3. The molecule has 0 unspecified atom stereocenters. The third-order valence-electron chi connectivity index (χ3n) is 5.86. The second-order valence-corrected chi connectivity index (χ2v) is 12.5. The Balaban J connectivity index is 1.42. The molecule has 0 aliphatic carbocycles. The molecule has 1 heterocycles. The lowest BCUT2D eigenvalue weighted by molar-refractivity contribution is -0.124. The summed E-state index contributed by atoms with van der Waals surface area (Å²) in [6.07, 6.45) is 2.43. The molecule has 12 heteroatoms. The van der Waals surface area contributed by atoms with E-state index in [1.54, 1.807) is 12.1 Å². The quantitative estimate of drug-likeness (QED) is 0.229. The number of carbonyl (C=O) groups excluding carboxylic acids is 1. The number of amides is 1. The van der Waals surface area contributed by atoms with Crippen molar-refractivity contribution in [2.75, 3.05) is 13.7 Å². The largest absolute Gasteiger partial charge is 0.493 e. The number of ether oxygens (including phenoxy) is 2. The minimum absolute atomic E-state index is 0.0875. The summed E-state index contributed by atoms with van der Waals surface area (Å²) in [7, 11) is -2.32. The summed E-state index contributed by atoms with van der Waals surface area (Å²) < 4.78 is 40.5. The number of hydrazone groups is 1. The highest BCUT2D eigenvalue weighted by molar-refractivity contribution is 9.10. The lowest BCUT2D eigenvalue weighted by atomic mass is 10.2. The molecule has 1 fully saturated rings. The van der Waals surface area contributed by atoms with E-state index in [1.807, 2.05) is 24.3 Å². The molecule has 1 atom stereocenters. The van der Waals surface area contributed by atoms with Crippen LogP contribution in [0, 0.1) is 0 Å². The van der Waals surface area contributed by atoms with Gasteiger partial charge in [-0.2, -0.15) is 9.41 Å². The van der Waals surface area contributed by atoms with Crippen molar-refractivity contribution in [2.45, 2.75) is 30.4 Å². The molecule has 4 rings (SSSR count). The van der Waals surface area contributed by atoms with Crippen LogP contribution in [-0.2, 0) is 21.4 Å². The van der Waals surface area contributed by atoms with E-state index in [2.05, 4.69) is 42.4 Å². The van der Waals surface area contributed by atoms with Gasteiger partial charge in [-0.25, -0.2) is 13.8 Å². The standard InChI is InChI=1S/C26H24Br2ClN3O5S/c1-36-24-14-18(13-22(28)25(24)37-16-17-4-6-19(27)7-5-17)15-30-31-26(33)23-3-2-12-32(23)38(34,35)21-10-8-20(29)9-11-21/h4-11,13-15,23H,2-3,12,16H2,1H3,(H,31,33)/b30-15-/t23-/m1/s1. The first-order valence-electron chi connectivity index (χ1n) is 11.5. The molecular formula is C26H24Br2ClN3O5S. The predicted molar refractivity (Wildman–Crippen MR) is 153 cm³/mol. The van der Waals surface area contributed by atoms with Crippen LogP contribution >= 0.6 is 43.5 Å². The van der Waals surface area contributed by atoms with E-state index in [-0.39, 0.29) is 11.4 Å². The van der Waals surface area contributed by atoms with Crippen LogP contribution in [0.25, 0.3) is 0 Å². The van der Waals surface area contributed by atoms with Gasteiger partial charge in [0.25, 0.3) is 5.91 Å². The van der Waals surface area contributed by atoms with Gasteiger partial charge in [0.2, 0.25) is 10.0 Å². The number of methoxy groups -OCH3 is 1. The van der Waals surface area contributed by atoms with Gasteiger partial charge in [-0.3, -0.25) is 4.79 Å². The number of nitrogens with one attached hydrogen (secondary N) is 1. The molecule has 1 N–H and O–H groups in total. The van der Waals surface area contributed by atoms with Crippen LogP contribution in [0.1, 0.15) is 24.0 Å². The third kappa shape index (κ3) is 6.76. The zero-order valence-electron chi connectivity index (χ0n) is 20.2. The maximum absolute atomic E-state index is 13.1. The van der Waals surface area contributed by atoms with Crippen molar-refractivity contribution >= 4 is 65.6 Å². The van der Waals surface area contributed by atoms with E-state index in [0.717, 1.165) is 10.0 Å². The van der Waals surface area contributed by atoms with Gasteiger partial charge in [-0.1, -0.05) is 39.7 Å². The van der Waals surface area contributed by atoms with E-state index in [1.165, 1.54) is 41.9 Å². The lowest BCUT2D eigenvalue weighted by Gasteiger charge is -2.22. The molecule has 0 bridgehead atoms. The fourth-order valence-corrected chi connectivity index (χ4v) is 6.59. The molecule has 38 heavy (non-hydrogen) atoms. The van der Waals surface area contributed by atoms with Crippen molar-refractivity contribution in [3.8, 4) is 11.5 Å². The molecule has 0 saturated carbocycles. The number of hydrogen-bond donors (Lipinski definition) is 1. The Bertz CT molecular complexity index is 1430. The Kier molecular flexibility index (Phi) is 9.48. The number of rotatable bonds is 9.